The van der Waals surface area contributed by atoms with Crippen molar-refractivity contribution in [2.75, 3.05) is 13.4 Å². The summed E-state index contributed by atoms with van der Waals surface area (Å²) in [6.45, 7) is 1.97. The van der Waals surface area contributed by atoms with Crippen molar-refractivity contribution < 1.29 is 4.74 Å². The van der Waals surface area contributed by atoms with E-state index in [1.165, 1.54) is 4.90 Å². The zero-order valence-electron chi connectivity index (χ0n) is 9.60. The standard InChI is InChI=1S/C12H14N2OS/c1-9-7-14(8-13-9)11-5-4-10(16-3)6-12(11)15-2/h4-8H,1-3H3. The lowest BCUT2D eigenvalue weighted by Crippen LogP contribution is -1.95. The fraction of sp³-hybridized carbons (Fsp3) is 0.250. The summed E-state index contributed by atoms with van der Waals surface area (Å²) in [5.41, 5.74) is 2.01. The van der Waals surface area contributed by atoms with E-state index in [1.807, 2.05) is 29.8 Å². The third-order valence-corrected chi connectivity index (χ3v) is 3.10. The van der Waals surface area contributed by atoms with E-state index in [4.69, 9.17) is 4.74 Å². The monoisotopic (exact) mass is 234 g/mol. The lowest BCUT2D eigenvalue weighted by Gasteiger charge is -2.10. The second-order valence-corrected chi connectivity index (χ2v) is 4.34. The molecule has 3 nitrogen and oxygen atoms in total. The molecule has 4 heteroatoms. The summed E-state index contributed by atoms with van der Waals surface area (Å²) in [6.07, 6.45) is 5.83. The Morgan fingerprint density at radius 1 is 1.38 bits per heavy atom. The number of nitrogens with zero attached hydrogens (tertiary/aromatic N) is 2. The number of hydrogen-bond donors (Lipinski definition) is 0. The third-order valence-electron chi connectivity index (χ3n) is 2.38. The van der Waals surface area contributed by atoms with Gasteiger partial charge in [-0.2, -0.15) is 0 Å². The molecule has 84 valence electrons. The van der Waals surface area contributed by atoms with E-state index in [0.29, 0.717) is 0 Å². The molecule has 0 aliphatic heterocycles. The average Bonchev–Trinajstić information content (AvgIpc) is 2.74. The molecule has 1 heterocycles. The molecule has 0 saturated carbocycles. The minimum absolute atomic E-state index is 0.865. The van der Waals surface area contributed by atoms with Crippen LogP contribution in [0.2, 0.25) is 0 Å². The topological polar surface area (TPSA) is 27.1 Å². The van der Waals surface area contributed by atoms with Crippen molar-refractivity contribution in [3.63, 3.8) is 0 Å². The van der Waals surface area contributed by atoms with Crippen LogP contribution >= 0.6 is 11.8 Å². The van der Waals surface area contributed by atoms with Gasteiger partial charge >= 0.3 is 0 Å². The van der Waals surface area contributed by atoms with Gasteiger partial charge in [0, 0.05) is 11.1 Å². The van der Waals surface area contributed by atoms with Crippen LogP contribution in [-0.4, -0.2) is 22.9 Å². The number of benzene rings is 1. The van der Waals surface area contributed by atoms with Crippen LogP contribution in [0.1, 0.15) is 5.69 Å². The van der Waals surface area contributed by atoms with Gasteiger partial charge in [0.15, 0.2) is 0 Å². The maximum atomic E-state index is 5.39. The molecule has 0 amide bonds. The van der Waals surface area contributed by atoms with Gasteiger partial charge in [-0.05, 0) is 31.4 Å². The van der Waals surface area contributed by atoms with Crippen molar-refractivity contribution >= 4 is 11.8 Å². The molecule has 2 rings (SSSR count). The predicted octanol–water partition coefficient (Wildman–Crippen LogP) is 2.91. The third kappa shape index (κ3) is 2.07. The van der Waals surface area contributed by atoms with Crippen molar-refractivity contribution in [3.05, 3.63) is 36.4 Å². The SMILES string of the molecule is COc1cc(SC)ccc1-n1cnc(C)c1. The summed E-state index contributed by atoms with van der Waals surface area (Å²) in [6, 6.07) is 6.17. The quantitative estimate of drug-likeness (QED) is 0.764. The molecule has 0 spiro atoms. The molecule has 1 aromatic heterocycles. The smallest absolute Gasteiger partial charge is 0.143 e. The maximum Gasteiger partial charge on any atom is 0.143 e. The van der Waals surface area contributed by atoms with E-state index < -0.39 is 0 Å². The fourth-order valence-electron chi connectivity index (χ4n) is 1.55. The Bertz CT molecular complexity index is 494. The van der Waals surface area contributed by atoms with Crippen LogP contribution in [-0.2, 0) is 0 Å². The van der Waals surface area contributed by atoms with Gasteiger partial charge in [-0.3, -0.25) is 0 Å². The Hall–Kier alpha value is -1.42. The molecule has 0 aliphatic carbocycles. The Kier molecular flexibility index (Phi) is 3.19. The second kappa shape index (κ2) is 4.61. The first-order valence-electron chi connectivity index (χ1n) is 4.97. The van der Waals surface area contributed by atoms with Crippen molar-refractivity contribution in [1.82, 2.24) is 9.55 Å². The van der Waals surface area contributed by atoms with E-state index >= 15 is 0 Å². The van der Waals surface area contributed by atoms with E-state index in [9.17, 15) is 0 Å². The van der Waals surface area contributed by atoms with Gasteiger partial charge < -0.3 is 9.30 Å². The lowest BCUT2D eigenvalue weighted by molar-refractivity contribution is 0.412. The number of methoxy groups -OCH3 is 1. The molecular weight excluding hydrogens is 220 g/mol. The number of hydrogen-bond acceptors (Lipinski definition) is 3. The van der Waals surface area contributed by atoms with Crippen LogP contribution in [0.5, 0.6) is 5.75 Å². The van der Waals surface area contributed by atoms with Gasteiger partial charge in [0.05, 0.1) is 24.8 Å². The highest BCUT2D eigenvalue weighted by atomic mass is 32.2. The molecule has 0 bridgehead atoms. The van der Waals surface area contributed by atoms with Crippen LogP contribution in [0, 0.1) is 6.92 Å². The van der Waals surface area contributed by atoms with E-state index in [0.717, 1.165) is 17.1 Å². The molecule has 0 fully saturated rings. The minimum Gasteiger partial charge on any atom is -0.495 e. The van der Waals surface area contributed by atoms with E-state index in [1.54, 1.807) is 25.2 Å². The summed E-state index contributed by atoms with van der Waals surface area (Å²) in [5.74, 6) is 0.865. The molecule has 0 unspecified atom stereocenters. The van der Waals surface area contributed by atoms with Gasteiger partial charge in [0.1, 0.15) is 5.75 Å². The maximum absolute atomic E-state index is 5.39. The van der Waals surface area contributed by atoms with Crippen molar-refractivity contribution in [2.24, 2.45) is 0 Å². The number of imidazole rings is 1. The second-order valence-electron chi connectivity index (χ2n) is 3.46. The summed E-state index contributed by atoms with van der Waals surface area (Å²) >= 11 is 1.70. The lowest BCUT2D eigenvalue weighted by atomic mass is 10.3. The van der Waals surface area contributed by atoms with Crippen LogP contribution in [0.3, 0.4) is 0 Å². The Balaban J connectivity index is 2.48. The molecule has 0 radical (unpaired) electrons. The highest BCUT2D eigenvalue weighted by molar-refractivity contribution is 7.98. The molecule has 16 heavy (non-hydrogen) atoms. The molecule has 2 aromatic rings. The summed E-state index contributed by atoms with van der Waals surface area (Å²) < 4.78 is 7.36. The van der Waals surface area contributed by atoms with Gasteiger partial charge in [0.2, 0.25) is 0 Å². The van der Waals surface area contributed by atoms with E-state index in [2.05, 4.69) is 17.3 Å². The van der Waals surface area contributed by atoms with Gasteiger partial charge in [-0.15, -0.1) is 11.8 Å². The van der Waals surface area contributed by atoms with Gasteiger partial charge in [-0.25, -0.2) is 4.98 Å². The Morgan fingerprint density at radius 3 is 2.75 bits per heavy atom. The molecule has 0 atom stereocenters. The first-order valence-corrected chi connectivity index (χ1v) is 6.20. The van der Waals surface area contributed by atoms with Crippen molar-refractivity contribution in [2.45, 2.75) is 11.8 Å². The fourth-order valence-corrected chi connectivity index (χ4v) is 1.98. The molecule has 0 N–H and O–H groups in total. The molecule has 0 aliphatic rings. The summed E-state index contributed by atoms with van der Waals surface area (Å²) in [7, 11) is 1.69. The number of aryl methyl sites for hydroxylation is 1. The average molecular weight is 234 g/mol. The Labute approximate surface area is 99.5 Å². The number of aromatic nitrogens is 2. The zero-order valence-corrected chi connectivity index (χ0v) is 10.4. The van der Waals surface area contributed by atoms with Crippen LogP contribution < -0.4 is 4.74 Å². The van der Waals surface area contributed by atoms with Crippen molar-refractivity contribution in [3.8, 4) is 11.4 Å². The van der Waals surface area contributed by atoms with Crippen LogP contribution in [0.4, 0.5) is 0 Å². The normalized spacial score (nSPS) is 10.4. The van der Waals surface area contributed by atoms with Gasteiger partial charge in [0.25, 0.3) is 0 Å². The van der Waals surface area contributed by atoms with Crippen LogP contribution in [0.25, 0.3) is 5.69 Å². The van der Waals surface area contributed by atoms with Crippen LogP contribution in [0.15, 0.2) is 35.6 Å². The van der Waals surface area contributed by atoms with E-state index in [-0.39, 0.29) is 0 Å². The van der Waals surface area contributed by atoms with Gasteiger partial charge in [-0.1, -0.05) is 0 Å². The largest absolute Gasteiger partial charge is 0.495 e. The predicted molar refractivity (Wildman–Crippen MR) is 66.6 cm³/mol. The zero-order chi connectivity index (χ0) is 11.5. The Morgan fingerprint density at radius 2 is 2.19 bits per heavy atom. The first kappa shape index (κ1) is 11.1. The minimum atomic E-state index is 0.865. The summed E-state index contributed by atoms with van der Waals surface area (Å²) in [4.78, 5) is 5.41. The highest BCUT2D eigenvalue weighted by Gasteiger charge is 2.06. The number of thioether (sulfide) groups is 1. The first-order chi connectivity index (χ1) is 7.74. The number of ether oxygens (including phenoxy) is 1. The molecule has 1 aromatic carbocycles. The molecular formula is C12H14N2OS. The number of rotatable bonds is 3. The summed E-state index contributed by atoms with van der Waals surface area (Å²) in [5, 5.41) is 0. The van der Waals surface area contributed by atoms with Crippen molar-refractivity contribution in [1.29, 1.82) is 0 Å². The highest BCUT2D eigenvalue weighted by Crippen LogP contribution is 2.28. The molecule has 0 saturated heterocycles.